The molecule has 1 N–H and O–H groups in total. The van der Waals surface area contributed by atoms with Crippen LogP contribution in [0.1, 0.15) is 42.8 Å². The third-order valence-corrected chi connectivity index (χ3v) is 8.99. The summed E-state index contributed by atoms with van der Waals surface area (Å²) < 4.78 is 42.1. The number of benzene rings is 2. The Hall–Kier alpha value is -3.08. The second-order valence-electron chi connectivity index (χ2n) is 9.49. The molecule has 1 unspecified atom stereocenters. The third-order valence-electron chi connectivity index (χ3n) is 6.16. The second-order valence-corrected chi connectivity index (χ2v) is 12.4. The molecule has 0 bridgehead atoms. The van der Waals surface area contributed by atoms with Crippen LogP contribution in [0.15, 0.2) is 64.9 Å². The van der Waals surface area contributed by atoms with Gasteiger partial charge in [0.15, 0.2) is 0 Å². The molecule has 2 aromatic carbocycles. The molecular formula is C27H30FN3O4S2. The van der Waals surface area contributed by atoms with Gasteiger partial charge in [-0.1, -0.05) is 26.0 Å². The van der Waals surface area contributed by atoms with Gasteiger partial charge < -0.3 is 10.2 Å². The fourth-order valence-electron chi connectivity index (χ4n) is 4.55. The first-order valence-corrected chi connectivity index (χ1v) is 14.4. The predicted molar refractivity (Wildman–Crippen MR) is 142 cm³/mol. The van der Waals surface area contributed by atoms with Gasteiger partial charge in [0, 0.05) is 30.6 Å². The maximum absolute atomic E-state index is 13.7. The quantitative estimate of drug-likeness (QED) is 0.448. The van der Waals surface area contributed by atoms with E-state index in [0.717, 1.165) is 11.1 Å². The van der Waals surface area contributed by atoms with Crippen LogP contribution in [0.25, 0.3) is 0 Å². The number of amides is 2. The summed E-state index contributed by atoms with van der Waals surface area (Å²) in [5.41, 5.74) is 2.25. The Morgan fingerprint density at radius 3 is 2.41 bits per heavy atom. The highest BCUT2D eigenvalue weighted by Gasteiger charge is 2.35. The summed E-state index contributed by atoms with van der Waals surface area (Å²) in [5, 5.41) is 4.60. The van der Waals surface area contributed by atoms with Crippen molar-refractivity contribution in [2.45, 2.75) is 38.1 Å². The van der Waals surface area contributed by atoms with Crippen molar-refractivity contribution in [1.82, 2.24) is 9.21 Å². The molecular weight excluding hydrogens is 513 g/mol. The highest BCUT2D eigenvalue weighted by atomic mass is 32.2. The van der Waals surface area contributed by atoms with Crippen molar-refractivity contribution in [3.05, 3.63) is 81.8 Å². The predicted octanol–water partition coefficient (Wildman–Crippen LogP) is 4.67. The highest BCUT2D eigenvalue weighted by molar-refractivity contribution is 7.89. The number of nitrogens with one attached hydrogen (secondary N) is 1. The van der Waals surface area contributed by atoms with E-state index < -0.39 is 16.1 Å². The number of halogens is 1. The minimum atomic E-state index is -3.99. The second kappa shape index (κ2) is 11.1. The smallest absolute Gasteiger partial charge is 0.243 e. The van der Waals surface area contributed by atoms with Crippen molar-refractivity contribution in [2.75, 3.05) is 25.0 Å². The molecule has 0 spiro atoms. The van der Waals surface area contributed by atoms with Crippen LogP contribution in [0.4, 0.5) is 10.1 Å². The zero-order valence-corrected chi connectivity index (χ0v) is 22.6. The largest absolute Gasteiger partial charge is 0.330 e. The van der Waals surface area contributed by atoms with E-state index in [2.05, 4.69) is 5.32 Å². The van der Waals surface area contributed by atoms with Crippen LogP contribution >= 0.6 is 11.3 Å². The zero-order chi connectivity index (χ0) is 26.7. The topological polar surface area (TPSA) is 86.8 Å². The van der Waals surface area contributed by atoms with Gasteiger partial charge in [0.2, 0.25) is 21.8 Å². The zero-order valence-electron chi connectivity index (χ0n) is 21.0. The molecule has 2 heterocycles. The lowest BCUT2D eigenvalue weighted by atomic mass is 9.93. The number of rotatable bonds is 8. The molecule has 1 atom stereocenters. The number of carbonyl (C=O) groups excluding carboxylic acids is 2. The number of hydrogen-bond acceptors (Lipinski definition) is 5. The van der Waals surface area contributed by atoms with E-state index in [1.165, 1.54) is 52.5 Å². The minimum absolute atomic E-state index is 0.0149. The number of carbonyl (C=O) groups is 2. The Morgan fingerprint density at radius 2 is 1.78 bits per heavy atom. The normalized spacial score (nSPS) is 15.6. The van der Waals surface area contributed by atoms with Gasteiger partial charge >= 0.3 is 0 Å². The summed E-state index contributed by atoms with van der Waals surface area (Å²) in [6.07, 6.45) is 0.679. The van der Waals surface area contributed by atoms with Gasteiger partial charge in [0.1, 0.15) is 5.82 Å². The summed E-state index contributed by atoms with van der Waals surface area (Å²) in [6, 6.07) is 13.6. The molecule has 7 nitrogen and oxygen atoms in total. The molecule has 10 heteroatoms. The molecule has 0 fully saturated rings. The fraction of sp³-hybridized carbons (Fsp3) is 0.333. The molecule has 1 aliphatic heterocycles. The molecule has 37 heavy (non-hydrogen) atoms. The van der Waals surface area contributed by atoms with Gasteiger partial charge in [-0.2, -0.15) is 4.31 Å². The number of thiophene rings is 1. The van der Waals surface area contributed by atoms with Crippen LogP contribution in [0.2, 0.25) is 0 Å². The van der Waals surface area contributed by atoms with E-state index in [1.807, 2.05) is 25.3 Å². The van der Waals surface area contributed by atoms with Gasteiger partial charge in [-0.15, -0.1) is 11.3 Å². The molecule has 1 aromatic heterocycles. The van der Waals surface area contributed by atoms with Crippen LogP contribution in [-0.4, -0.2) is 49.1 Å². The average molecular weight is 544 g/mol. The molecule has 1 aliphatic rings. The maximum Gasteiger partial charge on any atom is 0.243 e. The van der Waals surface area contributed by atoms with Gasteiger partial charge in [-0.3, -0.25) is 9.59 Å². The Balaban J connectivity index is 1.63. The Labute approximate surface area is 221 Å². The number of sulfonamides is 1. The van der Waals surface area contributed by atoms with E-state index in [0.29, 0.717) is 18.7 Å². The number of anilines is 1. The van der Waals surface area contributed by atoms with Crippen molar-refractivity contribution < 1.29 is 22.4 Å². The van der Waals surface area contributed by atoms with E-state index >= 15 is 0 Å². The summed E-state index contributed by atoms with van der Waals surface area (Å²) in [6.45, 7) is 5.46. The molecule has 0 saturated carbocycles. The first-order chi connectivity index (χ1) is 17.6. The summed E-state index contributed by atoms with van der Waals surface area (Å²) in [4.78, 5) is 27.9. The van der Waals surface area contributed by atoms with E-state index in [4.69, 9.17) is 0 Å². The average Bonchev–Trinajstić information content (AvgIpc) is 3.32. The lowest BCUT2D eigenvalue weighted by Gasteiger charge is -2.37. The monoisotopic (exact) mass is 543 g/mol. The van der Waals surface area contributed by atoms with Gasteiger partial charge in [-0.25, -0.2) is 12.8 Å². The van der Waals surface area contributed by atoms with Crippen LogP contribution < -0.4 is 5.32 Å². The van der Waals surface area contributed by atoms with Gasteiger partial charge in [-0.05, 0) is 71.3 Å². The first kappa shape index (κ1) is 27.0. The lowest BCUT2D eigenvalue weighted by Crippen LogP contribution is -2.47. The van der Waals surface area contributed by atoms with Gasteiger partial charge in [0.25, 0.3) is 0 Å². The molecule has 3 aromatic rings. The summed E-state index contributed by atoms with van der Waals surface area (Å²) in [7, 11) is -3.99. The standard InChI is InChI=1S/C27H30FN3O4S2/c1-18(2)16-30(37(34,35)23-10-8-22(9-11-23)29-19(3)32)17-26(33)31-14-12-25-24(13-15-36-25)27(31)20-4-6-21(28)7-5-20/h4-11,13,15,18,27H,12,14,16-17H2,1-3H3,(H,29,32). The van der Waals surface area contributed by atoms with Gasteiger partial charge in [0.05, 0.1) is 17.5 Å². The van der Waals surface area contributed by atoms with Crippen LogP contribution in [0, 0.1) is 11.7 Å². The fourth-order valence-corrected chi connectivity index (χ4v) is 7.01. The minimum Gasteiger partial charge on any atom is -0.330 e. The van der Waals surface area contributed by atoms with Crippen molar-refractivity contribution in [2.24, 2.45) is 5.92 Å². The van der Waals surface area contributed by atoms with E-state index in [-0.39, 0.29) is 41.5 Å². The van der Waals surface area contributed by atoms with Crippen molar-refractivity contribution in [3.63, 3.8) is 0 Å². The third kappa shape index (κ3) is 6.08. The van der Waals surface area contributed by atoms with Crippen molar-refractivity contribution >= 4 is 38.9 Å². The lowest BCUT2D eigenvalue weighted by molar-refractivity contribution is -0.133. The molecule has 0 radical (unpaired) electrons. The summed E-state index contributed by atoms with van der Waals surface area (Å²) >= 11 is 1.62. The number of fused-ring (bicyclic) bond motifs is 1. The molecule has 0 aliphatic carbocycles. The highest BCUT2D eigenvalue weighted by Crippen LogP contribution is 2.38. The molecule has 2 amide bonds. The number of hydrogen-bond donors (Lipinski definition) is 1. The van der Waals surface area contributed by atoms with Crippen molar-refractivity contribution in [3.8, 4) is 0 Å². The molecule has 196 valence electrons. The Kier molecular flexibility index (Phi) is 8.11. The van der Waals surface area contributed by atoms with Crippen LogP contribution in [0.5, 0.6) is 0 Å². The number of nitrogens with zero attached hydrogens (tertiary/aromatic N) is 2. The van der Waals surface area contributed by atoms with E-state index in [1.54, 1.807) is 28.4 Å². The SMILES string of the molecule is CC(=O)Nc1ccc(S(=O)(=O)N(CC(=O)N2CCc3sccc3C2c2ccc(F)cc2)CC(C)C)cc1. The van der Waals surface area contributed by atoms with Crippen LogP contribution in [0.3, 0.4) is 0 Å². The Morgan fingerprint density at radius 1 is 1.11 bits per heavy atom. The Bertz CT molecular complexity index is 1370. The summed E-state index contributed by atoms with van der Waals surface area (Å²) in [5.74, 6) is -0.945. The molecule has 4 rings (SSSR count). The molecule has 0 saturated heterocycles. The first-order valence-electron chi connectivity index (χ1n) is 12.0. The van der Waals surface area contributed by atoms with Crippen LogP contribution in [-0.2, 0) is 26.0 Å². The maximum atomic E-state index is 13.7. The van der Waals surface area contributed by atoms with E-state index in [9.17, 15) is 22.4 Å². The van der Waals surface area contributed by atoms with Crippen molar-refractivity contribution in [1.29, 1.82) is 0 Å².